The van der Waals surface area contributed by atoms with E-state index < -0.39 is 44.7 Å². The summed E-state index contributed by atoms with van der Waals surface area (Å²) in [5, 5.41) is 4.93. The largest absolute Gasteiger partial charge is 0.309 e. The summed E-state index contributed by atoms with van der Waals surface area (Å²) >= 11 is 0. The molecule has 9 aromatic carbocycles. The Hall–Kier alpha value is -7.76. The van der Waals surface area contributed by atoms with E-state index in [1.807, 2.05) is 24.5 Å². The van der Waals surface area contributed by atoms with Crippen LogP contribution in [0.1, 0.15) is 0 Å². The molecule has 0 saturated heterocycles. The number of benzene rings is 9. The van der Waals surface area contributed by atoms with Crippen LogP contribution in [0.3, 0.4) is 0 Å². The lowest BCUT2D eigenvalue weighted by atomic mass is 8.44. The number of rotatable bonds is 13. The van der Waals surface area contributed by atoms with Crippen LogP contribution in [0.15, 0.2) is 237 Å². The van der Waals surface area contributed by atoms with E-state index in [2.05, 4.69) is 231 Å². The van der Waals surface area contributed by atoms with Crippen molar-refractivity contribution in [2.75, 3.05) is 0 Å². The van der Waals surface area contributed by atoms with Crippen LogP contribution in [-0.4, -0.2) is 138 Å². The number of para-hydroxylation sites is 4. The normalized spacial score (nSPS) is 11.2. The van der Waals surface area contributed by atoms with E-state index in [0.717, 1.165) is 50.6 Å². The molecule has 21 heteroatoms. The van der Waals surface area contributed by atoms with E-state index >= 15 is 0 Å². The molecule has 81 heavy (non-hydrogen) atoms. The monoisotopic (exact) mass is 1010 g/mol. The topological polar surface area (TPSA) is 40.6 Å². The minimum atomic E-state index is -0.807. The van der Waals surface area contributed by atoms with Gasteiger partial charge < -0.3 is 9.13 Å². The SMILES string of the molecule is [B]B([B])B([B])B(B([B])[B])B(B([B])[B])B([B])[B].c1ccc(-c2ccc(-n3c4ccccc4c4cc(-c5ccc6c(c5)c5ccccc5n6-c5ccc(-n6c(-c7ccc(-c8ccncc8)cc7)nc7ccccc76)cc5)ccc43)cc2)cc1. The lowest BCUT2D eigenvalue weighted by Gasteiger charge is -2.37. The van der Waals surface area contributed by atoms with Gasteiger partial charge in [-0.25, -0.2) is 4.98 Å². The molecule has 0 saturated carbocycles. The Bertz CT molecular complexity index is 4340. The zero-order valence-electron chi connectivity index (χ0n) is 44.5. The summed E-state index contributed by atoms with van der Waals surface area (Å²) in [4.78, 5) is 9.34. The maximum absolute atomic E-state index is 5.81. The molecule has 0 aliphatic rings. The summed E-state index contributed by atoms with van der Waals surface area (Å²) in [6.07, 6.45) is -1.36. The van der Waals surface area contributed by atoms with Gasteiger partial charge in [-0.3, -0.25) is 9.55 Å². The van der Waals surface area contributed by atoms with Crippen molar-refractivity contribution in [2.24, 2.45) is 0 Å². The summed E-state index contributed by atoms with van der Waals surface area (Å²) in [6.45, 7) is 0. The van der Waals surface area contributed by atoms with Gasteiger partial charge in [-0.1, -0.05) is 127 Å². The standard InChI is InChI=1S/C60H39N5.B16/c1-2-10-40(11-3-1)42-22-26-47(27-23-42)63-55-15-7-4-12-50(55)52-38-45(24-32-57(52)63)46-25-33-58-53(39-46)51-13-5-8-16-56(51)64(58)48-28-30-49(31-29-48)65-59-17-9-6-14-54(59)62-60(65)44-20-18-41(19-21-44)43-34-36-61-37-35-43;1-10(2)14(9)16(13(7)8)15(11(3)4)12(5)6/h1-39H;. The molecular formula is C60H39B16N5. The summed E-state index contributed by atoms with van der Waals surface area (Å²) in [7, 11) is 50.4. The first-order valence-electron chi connectivity index (χ1n) is 27.1. The van der Waals surface area contributed by atoms with Crippen LogP contribution in [-0.2, 0) is 0 Å². The average Bonchev–Trinajstić information content (AvgIpc) is 4.25. The number of imidazole rings is 1. The highest BCUT2D eigenvalue weighted by Crippen LogP contribution is 2.39. The van der Waals surface area contributed by atoms with Gasteiger partial charge in [-0.15, -0.1) is 0 Å². The lowest BCUT2D eigenvalue weighted by molar-refractivity contribution is 1.09. The first-order valence-corrected chi connectivity index (χ1v) is 27.1. The smallest absolute Gasteiger partial charge is 0.145 e. The maximum Gasteiger partial charge on any atom is 0.145 e. The fraction of sp³-hybridized carbons (Fsp3) is 0. The Kier molecular flexibility index (Phi) is 15.3. The highest BCUT2D eigenvalue weighted by Gasteiger charge is 2.38. The molecule has 4 aromatic heterocycles. The van der Waals surface area contributed by atoms with Crippen molar-refractivity contribution < 1.29 is 0 Å². The van der Waals surface area contributed by atoms with E-state index in [9.17, 15) is 0 Å². The van der Waals surface area contributed by atoms with Crippen LogP contribution >= 0.6 is 0 Å². The van der Waals surface area contributed by atoms with Crippen LogP contribution in [0.25, 0.3) is 116 Å². The minimum absolute atomic E-state index is 0.556. The Balaban J connectivity index is 0.000000357. The number of hydrogen-bond acceptors (Lipinski definition) is 2. The third-order valence-corrected chi connectivity index (χ3v) is 15.7. The van der Waals surface area contributed by atoms with Crippen LogP contribution in [0.4, 0.5) is 0 Å². The second-order valence-electron chi connectivity index (χ2n) is 20.7. The average molecular weight is 1000 g/mol. The van der Waals surface area contributed by atoms with Gasteiger partial charge in [0.2, 0.25) is 0 Å². The number of fused-ring (bicyclic) bond motifs is 7. The second kappa shape index (κ2) is 23.0. The summed E-state index contributed by atoms with van der Waals surface area (Å²) < 4.78 is 7.06. The van der Waals surface area contributed by atoms with Gasteiger partial charge >= 0.3 is 0 Å². The number of aromatic nitrogens is 5. The molecule has 13 aromatic rings. The first-order chi connectivity index (χ1) is 39.4. The van der Waals surface area contributed by atoms with Crippen molar-refractivity contribution in [1.82, 2.24) is 23.7 Å². The maximum atomic E-state index is 5.81. The van der Waals surface area contributed by atoms with Crippen molar-refractivity contribution in [3.8, 4) is 61.8 Å². The van der Waals surface area contributed by atoms with Crippen molar-refractivity contribution in [2.45, 2.75) is 0 Å². The van der Waals surface area contributed by atoms with Gasteiger partial charge in [0.25, 0.3) is 0 Å². The van der Waals surface area contributed by atoms with Gasteiger partial charge in [-0.2, -0.15) is 0 Å². The molecule has 0 spiro atoms. The first kappa shape index (κ1) is 53.9. The third kappa shape index (κ3) is 10.4. The minimum Gasteiger partial charge on any atom is -0.309 e. The molecule has 352 valence electrons. The fourth-order valence-corrected chi connectivity index (χ4v) is 11.7. The molecule has 0 N–H and O–H groups in total. The zero-order chi connectivity index (χ0) is 55.9. The van der Waals surface area contributed by atoms with Crippen molar-refractivity contribution >= 4 is 169 Å². The van der Waals surface area contributed by atoms with E-state index in [4.69, 9.17) is 74.6 Å². The van der Waals surface area contributed by atoms with Crippen molar-refractivity contribution in [3.05, 3.63) is 237 Å². The summed E-state index contributed by atoms with van der Waals surface area (Å²) in [6, 6.07) is 80.9. The highest BCUT2D eigenvalue weighted by molar-refractivity contribution is 8.13. The van der Waals surface area contributed by atoms with Gasteiger partial charge in [-0.05, 0) is 130 Å². The molecule has 0 aliphatic carbocycles. The van der Waals surface area contributed by atoms with E-state index in [-0.39, 0.29) is 0 Å². The van der Waals surface area contributed by atoms with E-state index in [1.165, 1.54) is 65.9 Å². The molecule has 5 nitrogen and oxygen atoms in total. The summed E-state index contributed by atoms with van der Waals surface area (Å²) in [5.41, 5.74) is 18.2. The van der Waals surface area contributed by atoms with Crippen LogP contribution < -0.4 is 0 Å². The van der Waals surface area contributed by atoms with Crippen LogP contribution in [0.5, 0.6) is 0 Å². The number of pyridine rings is 1. The van der Waals surface area contributed by atoms with Crippen molar-refractivity contribution in [1.29, 1.82) is 0 Å². The molecule has 0 amide bonds. The Morgan fingerprint density at radius 2 is 0.667 bits per heavy atom. The van der Waals surface area contributed by atoms with Crippen molar-refractivity contribution in [3.63, 3.8) is 0 Å². The van der Waals surface area contributed by atoms with Gasteiger partial charge in [0.05, 0.1) is 33.1 Å². The van der Waals surface area contributed by atoms with Gasteiger partial charge in [0.1, 0.15) is 5.82 Å². The van der Waals surface area contributed by atoms with Crippen LogP contribution in [0, 0.1) is 0 Å². The quantitative estimate of drug-likeness (QED) is 0.108. The number of nitrogens with zero attached hydrogens (tertiary/aromatic N) is 5. The predicted molar refractivity (Wildman–Crippen MR) is 361 cm³/mol. The predicted octanol–water partition coefficient (Wildman–Crippen LogP) is 9.19. The zero-order valence-corrected chi connectivity index (χ0v) is 44.5. The van der Waals surface area contributed by atoms with E-state index in [1.54, 1.807) is 0 Å². The van der Waals surface area contributed by atoms with Gasteiger partial charge in [0.15, 0.2) is 0 Å². The fourth-order valence-electron chi connectivity index (χ4n) is 11.7. The molecule has 0 bridgehead atoms. The molecule has 0 aliphatic heterocycles. The molecule has 0 fully saturated rings. The molecular weight excluding hydrogens is 964 g/mol. The Morgan fingerprint density at radius 1 is 0.284 bits per heavy atom. The van der Waals surface area contributed by atoms with Crippen LogP contribution in [0.2, 0.25) is 0 Å². The van der Waals surface area contributed by atoms with Gasteiger partial charge in [0, 0.05) is 171 Å². The third-order valence-electron chi connectivity index (χ3n) is 15.7. The molecule has 13 rings (SSSR count). The summed E-state index contributed by atoms with van der Waals surface area (Å²) in [5.74, 6) is 0.907. The van der Waals surface area contributed by atoms with E-state index in [0.29, 0.717) is 0 Å². The Labute approximate surface area is 488 Å². The number of hydrogen-bond donors (Lipinski definition) is 0. The second-order valence-corrected chi connectivity index (χ2v) is 20.7. The highest BCUT2D eigenvalue weighted by atomic mass is 15.1. The molecule has 0 atom stereocenters. The Morgan fingerprint density at radius 3 is 1.17 bits per heavy atom. The molecule has 0 unspecified atom stereocenters. The molecule has 4 heterocycles. The lowest BCUT2D eigenvalue weighted by Crippen LogP contribution is -2.75. The molecule has 18 radical (unpaired) electrons.